The molecule has 1 fully saturated rings. The van der Waals surface area contributed by atoms with Gasteiger partial charge in [0, 0.05) is 6.04 Å². The molecule has 1 aliphatic rings. The van der Waals surface area contributed by atoms with Gasteiger partial charge in [-0.3, -0.25) is 4.79 Å². The average Bonchev–Trinajstić information content (AvgIpc) is 2.71. The minimum Gasteiger partial charge on any atom is -0.482 e. The van der Waals surface area contributed by atoms with Crippen LogP contribution in [0.25, 0.3) is 0 Å². The van der Waals surface area contributed by atoms with E-state index in [1.165, 1.54) is 18.2 Å². The zero-order valence-corrected chi connectivity index (χ0v) is 19.0. The molecule has 2 aromatic rings. The van der Waals surface area contributed by atoms with Gasteiger partial charge in [-0.15, -0.1) is 0 Å². The number of amides is 1. The van der Waals surface area contributed by atoms with Gasteiger partial charge in [-0.2, -0.15) is 0 Å². The summed E-state index contributed by atoms with van der Waals surface area (Å²) in [6.07, 6.45) is 4.83. The van der Waals surface area contributed by atoms with E-state index < -0.39 is 15.9 Å². The lowest BCUT2D eigenvalue weighted by atomic mass is 9.96. The maximum Gasteiger partial charge on any atom is 0.262 e. The molecule has 0 radical (unpaired) electrons. The molecule has 0 aliphatic heterocycles. The lowest BCUT2D eigenvalue weighted by Gasteiger charge is -2.22. The van der Waals surface area contributed by atoms with E-state index in [2.05, 4.69) is 10.0 Å². The van der Waals surface area contributed by atoms with Crippen molar-refractivity contribution in [3.8, 4) is 5.75 Å². The van der Waals surface area contributed by atoms with E-state index in [0.29, 0.717) is 10.7 Å². The first kappa shape index (κ1) is 23.2. The van der Waals surface area contributed by atoms with Crippen molar-refractivity contribution in [3.05, 3.63) is 51.5 Å². The number of carbonyl (C=O) groups is 1. The van der Waals surface area contributed by atoms with Crippen LogP contribution >= 0.6 is 34.8 Å². The normalized spacial score (nSPS) is 15.0. The summed E-state index contributed by atoms with van der Waals surface area (Å²) in [6.45, 7) is -0.338. The molecule has 2 aromatic carbocycles. The summed E-state index contributed by atoms with van der Waals surface area (Å²) in [5, 5.41) is 3.23. The molecule has 0 atom stereocenters. The summed E-state index contributed by atoms with van der Waals surface area (Å²) in [5.41, 5.74) is 0.360. The summed E-state index contributed by atoms with van der Waals surface area (Å²) in [7, 11) is -3.68. The predicted molar refractivity (Wildman–Crippen MR) is 119 cm³/mol. The Hall–Kier alpha value is -1.51. The van der Waals surface area contributed by atoms with Crippen molar-refractivity contribution < 1.29 is 17.9 Å². The van der Waals surface area contributed by atoms with E-state index in [0.717, 1.165) is 32.1 Å². The Morgan fingerprint density at radius 2 is 1.77 bits per heavy atom. The Labute approximate surface area is 190 Å². The summed E-state index contributed by atoms with van der Waals surface area (Å²) in [4.78, 5) is 12.2. The van der Waals surface area contributed by atoms with Gasteiger partial charge in [0.15, 0.2) is 6.61 Å². The number of nitrogens with one attached hydrogen (secondary N) is 2. The van der Waals surface area contributed by atoms with Crippen LogP contribution in [0.1, 0.15) is 32.1 Å². The van der Waals surface area contributed by atoms with E-state index in [1.807, 2.05) is 0 Å². The second-order valence-electron chi connectivity index (χ2n) is 6.99. The Balaban J connectivity index is 1.61. The standard InChI is InChI=1S/C20H21Cl3N2O4S/c21-15-7-4-8-17(20(15)23)24-19(26)12-29-18-10-9-14(11-16(18)22)30(27,28)25-13-5-2-1-3-6-13/h4,7-11,13,25H,1-3,5-6,12H2,(H,24,26). The van der Waals surface area contributed by atoms with Crippen molar-refractivity contribution >= 4 is 56.4 Å². The fraction of sp³-hybridized carbons (Fsp3) is 0.350. The highest BCUT2D eigenvalue weighted by Crippen LogP contribution is 2.30. The molecular weight excluding hydrogens is 471 g/mol. The van der Waals surface area contributed by atoms with Gasteiger partial charge in [-0.05, 0) is 43.2 Å². The molecule has 0 aromatic heterocycles. The minimum absolute atomic E-state index is 0.0551. The molecule has 1 aliphatic carbocycles. The molecule has 1 saturated carbocycles. The molecule has 0 heterocycles. The van der Waals surface area contributed by atoms with E-state index >= 15 is 0 Å². The number of ether oxygens (including phenoxy) is 1. The molecule has 0 unspecified atom stereocenters. The highest BCUT2D eigenvalue weighted by atomic mass is 35.5. The highest BCUT2D eigenvalue weighted by molar-refractivity contribution is 7.89. The number of hydrogen-bond donors (Lipinski definition) is 2. The number of rotatable bonds is 7. The van der Waals surface area contributed by atoms with Crippen molar-refractivity contribution in [2.75, 3.05) is 11.9 Å². The van der Waals surface area contributed by atoms with Gasteiger partial charge in [0.2, 0.25) is 10.0 Å². The van der Waals surface area contributed by atoms with Crippen molar-refractivity contribution in [3.63, 3.8) is 0 Å². The summed E-state index contributed by atoms with van der Waals surface area (Å²) < 4.78 is 33.3. The second kappa shape index (κ2) is 10.2. The summed E-state index contributed by atoms with van der Waals surface area (Å²) in [5.74, 6) is -0.272. The van der Waals surface area contributed by atoms with Crippen LogP contribution < -0.4 is 14.8 Å². The minimum atomic E-state index is -3.68. The fourth-order valence-electron chi connectivity index (χ4n) is 3.20. The van der Waals surface area contributed by atoms with Gasteiger partial charge in [0.25, 0.3) is 5.91 Å². The molecule has 162 valence electrons. The molecule has 1 amide bonds. The first-order valence-corrected chi connectivity index (χ1v) is 12.1. The van der Waals surface area contributed by atoms with Crippen LogP contribution in [-0.2, 0) is 14.8 Å². The van der Waals surface area contributed by atoms with E-state index in [-0.39, 0.29) is 33.3 Å². The van der Waals surface area contributed by atoms with Crippen molar-refractivity contribution in [1.82, 2.24) is 4.72 Å². The predicted octanol–water partition coefficient (Wildman–Crippen LogP) is 5.28. The smallest absolute Gasteiger partial charge is 0.262 e. The Bertz CT molecular complexity index is 1020. The third kappa shape index (κ3) is 6.02. The SMILES string of the molecule is O=C(COc1ccc(S(=O)(=O)NC2CCCCC2)cc1Cl)Nc1cccc(Cl)c1Cl. The number of hydrogen-bond acceptors (Lipinski definition) is 4. The van der Waals surface area contributed by atoms with Gasteiger partial charge < -0.3 is 10.1 Å². The van der Waals surface area contributed by atoms with Crippen LogP contribution in [0.4, 0.5) is 5.69 Å². The van der Waals surface area contributed by atoms with Crippen molar-refractivity contribution in [1.29, 1.82) is 0 Å². The Morgan fingerprint density at radius 1 is 1.03 bits per heavy atom. The summed E-state index contributed by atoms with van der Waals surface area (Å²) in [6, 6.07) is 8.96. The zero-order valence-electron chi connectivity index (χ0n) is 16.0. The van der Waals surface area contributed by atoms with Gasteiger partial charge in [0.1, 0.15) is 5.75 Å². The third-order valence-corrected chi connectivity index (χ3v) is 7.36. The number of anilines is 1. The highest BCUT2D eigenvalue weighted by Gasteiger charge is 2.22. The quantitative estimate of drug-likeness (QED) is 0.552. The monoisotopic (exact) mass is 490 g/mol. The lowest BCUT2D eigenvalue weighted by Crippen LogP contribution is -2.36. The molecule has 30 heavy (non-hydrogen) atoms. The summed E-state index contributed by atoms with van der Waals surface area (Å²) >= 11 is 18.1. The van der Waals surface area contributed by atoms with Crippen LogP contribution in [0.5, 0.6) is 5.75 Å². The Morgan fingerprint density at radius 3 is 2.47 bits per heavy atom. The molecule has 0 spiro atoms. The van der Waals surface area contributed by atoms with Gasteiger partial charge in [-0.1, -0.05) is 60.1 Å². The maximum atomic E-state index is 12.6. The first-order chi connectivity index (χ1) is 14.3. The van der Waals surface area contributed by atoms with Gasteiger partial charge >= 0.3 is 0 Å². The largest absolute Gasteiger partial charge is 0.482 e. The van der Waals surface area contributed by atoms with Gasteiger partial charge in [-0.25, -0.2) is 13.1 Å². The molecule has 10 heteroatoms. The molecule has 0 saturated heterocycles. The average molecular weight is 492 g/mol. The number of halogens is 3. The molecule has 6 nitrogen and oxygen atoms in total. The molecule has 2 N–H and O–H groups in total. The zero-order chi connectivity index (χ0) is 21.7. The topological polar surface area (TPSA) is 84.5 Å². The van der Waals surface area contributed by atoms with Crippen molar-refractivity contribution in [2.45, 2.75) is 43.0 Å². The molecular formula is C20H21Cl3N2O4S. The number of sulfonamides is 1. The third-order valence-electron chi connectivity index (χ3n) is 4.73. The fourth-order valence-corrected chi connectivity index (χ4v) is 5.18. The van der Waals surface area contributed by atoms with Crippen LogP contribution in [0, 0.1) is 0 Å². The van der Waals surface area contributed by atoms with E-state index in [1.54, 1.807) is 18.2 Å². The van der Waals surface area contributed by atoms with Gasteiger partial charge in [0.05, 0.1) is 25.7 Å². The van der Waals surface area contributed by atoms with Crippen LogP contribution in [0.15, 0.2) is 41.3 Å². The maximum absolute atomic E-state index is 12.6. The van der Waals surface area contributed by atoms with E-state index in [9.17, 15) is 13.2 Å². The molecule has 0 bridgehead atoms. The lowest BCUT2D eigenvalue weighted by molar-refractivity contribution is -0.118. The number of benzene rings is 2. The first-order valence-electron chi connectivity index (χ1n) is 9.45. The van der Waals surface area contributed by atoms with E-state index in [4.69, 9.17) is 39.5 Å². The van der Waals surface area contributed by atoms with Crippen molar-refractivity contribution in [2.24, 2.45) is 0 Å². The molecule has 3 rings (SSSR count). The van der Waals surface area contributed by atoms with Crippen LogP contribution in [0.3, 0.4) is 0 Å². The van der Waals surface area contributed by atoms with Crippen LogP contribution in [-0.4, -0.2) is 27.0 Å². The van der Waals surface area contributed by atoms with Crippen LogP contribution in [0.2, 0.25) is 15.1 Å². The number of carbonyl (C=O) groups excluding carboxylic acids is 1. The Kier molecular flexibility index (Phi) is 7.87. The second-order valence-corrected chi connectivity index (χ2v) is 9.89.